The van der Waals surface area contributed by atoms with Crippen molar-refractivity contribution in [3.05, 3.63) is 88.1 Å². The normalized spacial score (nSPS) is 22.0. The average Bonchev–Trinajstić information content (AvgIpc) is 3.49. The number of alkyl halides is 1. The van der Waals surface area contributed by atoms with Crippen LogP contribution in [0.1, 0.15) is 76.4 Å². The Balaban J connectivity index is 1.20. The standard InChI is InChI=1S/C35H45FN4O5P/c1-8-30-33(45-46(7)40(22(2)3)23(4)5)32(36)34(43-30)39-20-19-24(37-35(39)42)17-18-31(41)44-38(6)21-29-27-15-11-9-13-25(27)26-14-10-12-16-28(26)29/h9-16,19-23,29-30,32-34H,8,17-18H2,1-7H3/q+1. The summed E-state index contributed by atoms with van der Waals surface area (Å²) in [5.41, 5.74) is 4.44. The van der Waals surface area contributed by atoms with Crippen molar-refractivity contribution in [1.29, 1.82) is 0 Å². The smallest absolute Gasteiger partial charge is 0.349 e. The third kappa shape index (κ3) is 7.15. The Hall–Kier alpha value is -3.30. The highest BCUT2D eigenvalue weighted by atomic mass is 31.2. The lowest BCUT2D eigenvalue weighted by atomic mass is 9.98. The molecule has 246 valence electrons. The summed E-state index contributed by atoms with van der Waals surface area (Å²) in [7, 11) is 0.618. The number of carbonyl (C=O) groups is 1. The fraction of sp³-hybridized carbons (Fsp3) is 0.486. The van der Waals surface area contributed by atoms with Gasteiger partial charge in [-0.1, -0.05) is 55.5 Å². The van der Waals surface area contributed by atoms with Gasteiger partial charge in [0, 0.05) is 30.4 Å². The molecule has 0 N–H and O–H groups in total. The van der Waals surface area contributed by atoms with E-state index in [-0.39, 0.29) is 30.8 Å². The third-order valence-corrected chi connectivity index (χ3v) is 10.7. The Kier molecular flexibility index (Phi) is 10.8. The zero-order chi connectivity index (χ0) is 33.1. The number of benzene rings is 2. The lowest BCUT2D eigenvalue weighted by Crippen LogP contribution is -2.37. The molecule has 1 saturated heterocycles. The Morgan fingerprint density at radius 3 is 2.26 bits per heavy atom. The summed E-state index contributed by atoms with van der Waals surface area (Å²) in [6.45, 7) is 12.3. The molecule has 3 aromatic rings. The maximum atomic E-state index is 15.9. The van der Waals surface area contributed by atoms with Crippen LogP contribution in [0.15, 0.2) is 65.6 Å². The summed E-state index contributed by atoms with van der Waals surface area (Å²) >= 11 is 0. The second-order valence-corrected chi connectivity index (χ2v) is 14.0. The molecule has 2 aromatic carbocycles. The summed E-state index contributed by atoms with van der Waals surface area (Å²) in [6.07, 6.45) is 0.173. The summed E-state index contributed by atoms with van der Waals surface area (Å²) in [5.74, 6) is -0.492. The Morgan fingerprint density at radius 1 is 1.09 bits per heavy atom. The van der Waals surface area contributed by atoms with Crippen LogP contribution in [0.3, 0.4) is 0 Å². The first-order chi connectivity index (χ1) is 22.0. The summed E-state index contributed by atoms with van der Waals surface area (Å²) < 4.78 is 33.0. The van der Waals surface area contributed by atoms with Gasteiger partial charge in [0.1, 0.15) is 14.4 Å². The van der Waals surface area contributed by atoms with Crippen LogP contribution in [-0.4, -0.2) is 75.3 Å². The molecule has 0 spiro atoms. The number of hydrogen-bond acceptors (Lipinski definition) is 7. The SMILES string of the molecule is CCC1OC(n2ccc(CCC(=O)O[N+](C)=CC3c4ccccc4-c4ccccc43)nc2=O)C(F)C1OP(C)N(C(C)C)C(C)C. The van der Waals surface area contributed by atoms with Crippen molar-refractivity contribution in [3.63, 3.8) is 0 Å². The average molecular weight is 652 g/mol. The lowest BCUT2D eigenvalue weighted by molar-refractivity contribution is -0.738. The number of hydrogen-bond donors (Lipinski definition) is 0. The van der Waals surface area contributed by atoms with Crippen molar-refractivity contribution in [2.75, 3.05) is 13.7 Å². The van der Waals surface area contributed by atoms with Crippen LogP contribution in [-0.2, 0) is 25.3 Å². The molecule has 1 fully saturated rings. The Labute approximate surface area is 271 Å². The van der Waals surface area contributed by atoms with E-state index in [1.54, 1.807) is 13.1 Å². The third-order valence-electron chi connectivity index (χ3n) is 8.56. The molecule has 2 heterocycles. The first-order valence-corrected chi connectivity index (χ1v) is 17.7. The van der Waals surface area contributed by atoms with Crippen LogP contribution in [0.25, 0.3) is 11.1 Å². The maximum Gasteiger partial charge on any atom is 0.380 e. The fourth-order valence-electron chi connectivity index (χ4n) is 6.66. The van der Waals surface area contributed by atoms with Crippen molar-refractivity contribution in [1.82, 2.24) is 14.2 Å². The van der Waals surface area contributed by atoms with E-state index in [0.717, 1.165) is 11.1 Å². The highest BCUT2D eigenvalue weighted by molar-refractivity contribution is 7.49. The van der Waals surface area contributed by atoms with E-state index in [2.05, 4.69) is 61.6 Å². The van der Waals surface area contributed by atoms with E-state index in [0.29, 0.717) is 12.1 Å². The topological polar surface area (TPSA) is 85.9 Å². The zero-order valence-corrected chi connectivity index (χ0v) is 28.6. The van der Waals surface area contributed by atoms with Crippen molar-refractivity contribution >= 4 is 20.5 Å². The van der Waals surface area contributed by atoms with E-state index >= 15 is 4.39 Å². The summed E-state index contributed by atoms with van der Waals surface area (Å²) in [6, 6.07) is 18.5. The van der Waals surface area contributed by atoms with Crippen molar-refractivity contribution in [2.24, 2.45) is 0 Å². The van der Waals surface area contributed by atoms with Crippen molar-refractivity contribution in [2.45, 2.75) is 96.5 Å². The molecule has 5 unspecified atom stereocenters. The van der Waals surface area contributed by atoms with Crippen molar-refractivity contribution in [3.8, 4) is 11.1 Å². The van der Waals surface area contributed by atoms with Gasteiger partial charge in [-0.05, 0) is 73.8 Å². The molecule has 46 heavy (non-hydrogen) atoms. The largest absolute Gasteiger partial charge is 0.380 e. The number of nitrogens with zero attached hydrogens (tertiary/aromatic N) is 4. The first-order valence-electron chi connectivity index (χ1n) is 16.0. The molecule has 1 aromatic heterocycles. The number of ether oxygens (including phenoxy) is 1. The predicted octanol–water partition coefficient (Wildman–Crippen LogP) is 6.25. The molecule has 0 saturated carbocycles. The van der Waals surface area contributed by atoms with Gasteiger partial charge in [-0.25, -0.2) is 14.0 Å². The maximum absolute atomic E-state index is 15.9. The van der Waals surface area contributed by atoms with Crippen LogP contribution in [0.5, 0.6) is 0 Å². The Bertz CT molecular complexity index is 1570. The molecular weight excluding hydrogens is 606 g/mol. The van der Waals surface area contributed by atoms with Gasteiger partial charge in [0.2, 0.25) is 6.21 Å². The van der Waals surface area contributed by atoms with Gasteiger partial charge in [0.05, 0.1) is 18.4 Å². The molecule has 5 rings (SSSR count). The highest BCUT2D eigenvalue weighted by Gasteiger charge is 2.48. The quantitative estimate of drug-likeness (QED) is 0.0753. The van der Waals surface area contributed by atoms with E-state index < -0.39 is 44.6 Å². The van der Waals surface area contributed by atoms with Gasteiger partial charge in [-0.3, -0.25) is 9.24 Å². The minimum absolute atomic E-state index is 0.0220. The van der Waals surface area contributed by atoms with Crippen LogP contribution >= 0.6 is 8.30 Å². The fourth-order valence-corrected chi connectivity index (χ4v) is 8.68. The molecule has 1 aliphatic carbocycles. The van der Waals surface area contributed by atoms with Crippen LogP contribution in [0.4, 0.5) is 4.39 Å². The van der Waals surface area contributed by atoms with Crippen LogP contribution < -0.4 is 5.69 Å². The number of aryl methyl sites for hydroxylation is 1. The van der Waals surface area contributed by atoms with E-state index in [1.807, 2.05) is 44.1 Å². The van der Waals surface area contributed by atoms with E-state index in [4.69, 9.17) is 14.1 Å². The minimum Gasteiger partial charge on any atom is -0.349 e. The second-order valence-electron chi connectivity index (χ2n) is 12.4. The molecule has 0 radical (unpaired) electrons. The molecule has 0 bridgehead atoms. The molecular formula is C35H45FN4O5P+. The van der Waals surface area contributed by atoms with Gasteiger partial charge in [0.25, 0.3) is 0 Å². The predicted molar refractivity (Wildman–Crippen MR) is 178 cm³/mol. The van der Waals surface area contributed by atoms with Gasteiger partial charge >= 0.3 is 11.7 Å². The number of fused-ring (bicyclic) bond motifs is 3. The van der Waals surface area contributed by atoms with Crippen molar-refractivity contribution < 1.29 is 28.0 Å². The number of carbonyl (C=O) groups excluding carboxylic acids is 1. The van der Waals surface area contributed by atoms with E-state index in [9.17, 15) is 9.59 Å². The first kappa shape index (κ1) is 34.0. The Morgan fingerprint density at radius 2 is 1.70 bits per heavy atom. The molecule has 5 atom stereocenters. The molecule has 9 nitrogen and oxygen atoms in total. The molecule has 0 amide bonds. The second kappa shape index (κ2) is 14.6. The monoisotopic (exact) mass is 651 g/mol. The van der Waals surface area contributed by atoms with Gasteiger partial charge < -0.3 is 9.26 Å². The highest BCUT2D eigenvalue weighted by Crippen LogP contribution is 2.47. The summed E-state index contributed by atoms with van der Waals surface area (Å²) in [4.78, 5) is 35.5. The number of hydroxylamine groups is 1. The lowest BCUT2D eigenvalue weighted by Gasteiger charge is -2.37. The molecule has 1 aliphatic heterocycles. The summed E-state index contributed by atoms with van der Waals surface area (Å²) in [5, 5.41) is 0. The number of halogens is 1. The number of aromatic nitrogens is 2. The van der Waals surface area contributed by atoms with Gasteiger partial charge in [-0.2, -0.15) is 9.82 Å². The zero-order valence-electron chi connectivity index (χ0n) is 27.7. The van der Waals surface area contributed by atoms with Crippen LogP contribution in [0, 0.1) is 0 Å². The van der Waals surface area contributed by atoms with Crippen LogP contribution in [0.2, 0.25) is 0 Å². The molecule has 11 heteroatoms. The minimum atomic E-state index is -1.54. The number of rotatable bonds is 12. The van der Waals surface area contributed by atoms with Gasteiger partial charge in [0.15, 0.2) is 19.4 Å². The molecule has 2 aliphatic rings. The van der Waals surface area contributed by atoms with E-state index in [1.165, 1.54) is 26.6 Å². The van der Waals surface area contributed by atoms with Gasteiger partial charge in [-0.15, -0.1) is 0 Å².